The van der Waals surface area contributed by atoms with Crippen LogP contribution in [-0.4, -0.2) is 14.4 Å². The van der Waals surface area contributed by atoms with E-state index in [2.05, 4.69) is 47.1 Å². The average molecular weight is 400 g/mol. The predicted octanol–water partition coefficient (Wildman–Crippen LogP) is 4.01. The number of nitrogens with zero attached hydrogens (tertiary/aromatic N) is 3. The summed E-state index contributed by atoms with van der Waals surface area (Å²) in [5.41, 5.74) is 2.59. The minimum atomic E-state index is -0.271. The third-order valence-corrected chi connectivity index (χ3v) is 3.90. The maximum Gasteiger partial charge on any atom is 0.155 e. The van der Waals surface area contributed by atoms with Gasteiger partial charge in [-0.2, -0.15) is 0 Å². The molecular formula is C13H9Br2FN4. The van der Waals surface area contributed by atoms with Gasteiger partial charge < -0.3 is 5.32 Å². The Kier molecular flexibility index (Phi) is 3.71. The van der Waals surface area contributed by atoms with Crippen molar-refractivity contribution in [3.05, 3.63) is 57.4 Å². The quantitative estimate of drug-likeness (QED) is 0.723. The van der Waals surface area contributed by atoms with Crippen molar-refractivity contribution < 1.29 is 4.39 Å². The van der Waals surface area contributed by atoms with Gasteiger partial charge in [0.05, 0.1) is 24.6 Å². The zero-order valence-corrected chi connectivity index (χ0v) is 13.3. The molecule has 0 aliphatic rings. The Bertz CT molecular complexity index is 772. The van der Waals surface area contributed by atoms with Crippen molar-refractivity contribution in [2.24, 2.45) is 0 Å². The van der Waals surface area contributed by atoms with Gasteiger partial charge in [0.2, 0.25) is 0 Å². The standard InChI is InChI=1S/C13H9Br2FN4/c14-10-3-8(16)1-2-11(10)17-4-9-5-19-13-6-18-12(15)7-20(9)13/h1-3,5-7,17H,4H2. The lowest BCUT2D eigenvalue weighted by molar-refractivity contribution is 0.627. The van der Waals surface area contributed by atoms with Crippen molar-refractivity contribution in [2.75, 3.05) is 5.32 Å². The number of benzene rings is 1. The minimum absolute atomic E-state index is 0.271. The van der Waals surface area contributed by atoms with Crippen molar-refractivity contribution in [1.29, 1.82) is 0 Å². The minimum Gasteiger partial charge on any atom is -0.378 e. The Morgan fingerprint density at radius 1 is 1.20 bits per heavy atom. The SMILES string of the molecule is Fc1ccc(NCc2cnc3cnc(Br)cn23)c(Br)c1. The lowest BCUT2D eigenvalue weighted by Crippen LogP contribution is -2.03. The number of hydrogen-bond acceptors (Lipinski definition) is 3. The Labute approximate surface area is 131 Å². The van der Waals surface area contributed by atoms with Crippen LogP contribution in [0.1, 0.15) is 5.69 Å². The van der Waals surface area contributed by atoms with Crippen LogP contribution < -0.4 is 5.32 Å². The molecule has 0 spiro atoms. The number of rotatable bonds is 3. The molecule has 20 heavy (non-hydrogen) atoms. The van der Waals surface area contributed by atoms with Gasteiger partial charge in [-0.15, -0.1) is 0 Å². The van der Waals surface area contributed by atoms with Gasteiger partial charge in [-0.3, -0.25) is 4.40 Å². The van der Waals surface area contributed by atoms with Crippen molar-refractivity contribution in [3.63, 3.8) is 0 Å². The van der Waals surface area contributed by atoms with Crippen molar-refractivity contribution in [1.82, 2.24) is 14.4 Å². The highest BCUT2D eigenvalue weighted by Gasteiger charge is 2.06. The smallest absolute Gasteiger partial charge is 0.155 e. The summed E-state index contributed by atoms with van der Waals surface area (Å²) < 4.78 is 16.4. The molecule has 0 radical (unpaired) electrons. The summed E-state index contributed by atoms with van der Waals surface area (Å²) in [6.45, 7) is 0.571. The van der Waals surface area contributed by atoms with Crippen molar-refractivity contribution >= 4 is 43.2 Å². The zero-order valence-electron chi connectivity index (χ0n) is 10.1. The Balaban J connectivity index is 1.85. The van der Waals surface area contributed by atoms with E-state index in [-0.39, 0.29) is 5.82 Å². The van der Waals surface area contributed by atoms with Gasteiger partial charge >= 0.3 is 0 Å². The summed E-state index contributed by atoms with van der Waals surface area (Å²) in [6, 6.07) is 4.54. The summed E-state index contributed by atoms with van der Waals surface area (Å²) in [4.78, 5) is 8.40. The second-order valence-corrected chi connectivity index (χ2v) is 5.83. The van der Waals surface area contributed by atoms with Crippen LogP contribution in [0.3, 0.4) is 0 Å². The Morgan fingerprint density at radius 2 is 2.05 bits per heavy atom. The number of hydrogen-bond donors (Lipinski definition) is 1. The molecule has 1 N–H and O–H groups in total. The van der Waals surface area contributed by atoms with E-state index in [1.165, 1.54) is 12.1 Å². The number of fused-ring (bicyclic) bond motifs is 1. The highest BCUT2D eigenvalue weighted by molar-refractivity contribution is 9.10. The van der Waals surface area contributed by atoms with E-state index in [1.807, 2.05) is 10.6 Å². The highest BCUT2D eigenvalue weighted by atomic mass is 79.9. The predicted molar refractivity (Wildman–Crippen MR) is 82.1 cm³/mol. The highest BCUT2D eigenvalue weighted by Crippen LogP contribution is 2.23. The molecular weight excluding hydrogens is 391 g/mol. The number of imidazole rings is 1. The molecule has 3 aromatic rings. The fraction of sp³-hybridized carbons (Fsp3) is 0.0769. The first-order chi connectivity index (χ1) is 9.63. The van der Waals surface area contributed by atoms with Crippen LogP contribution in [-0.2, 0) is 6.54 Å². The molecule has 0 amide bonds. The third-order valence-electron chi connectivity index (χ3n) is 2.83. The molecule has 4 nitrogen and oxygen atoms in total. The van der Waals surface area contributed by atoms with Crippen LogP contribution in [0, 0.1) is 5.82 Å². The molecule has 2 aromatic heterocycles. The second-order valence-electron chi connectivity index (χ2n) is 4.17. The molecule has 0 aliphatic carbocycles. The molecule has 102 valence electrons. The van der Waals surface area contributed by atoms with E-state index in [1.54, 1.807) is 18.5 Å². The molecule has 0 atom stereocenters. The fourth-order valence-electron chi connectivity index (χ4n) is 1.87. The molecule has 0 bridgehead atoms. The molecule has 0 saturated heterocycles. The van der Waals surface area contributed by atoms with E-state index in [9.17, 15) is 4.39 Å². The zero-order chi connectivity index (χ0) is 14.1. The maximum atomic E-state index is 13.0. The van der Waals surface area contributed by atoms with Crippen LogP contribution in [0.4, 0.5) is 10.1 Å². The van der Waals surface area contributed by atoms with Gasteiger partial charge in [0, 0.05) is 16.4 Å². The maximum absolute atomic E-state index is 13.0. The third kappa shape index (κ3) is 2.69. The second kappa shape index (κ2) is 5.49. The molecule has 0 saturated carbocycles. The topological polar surface area (TPSA) is 42.2 Å². The van der Waals surface area contributed by atoms with E-state index >= 15 is 0 Å². The largest absolute Gasteiger partial charge is 0.378 e. The normalized spacial score (nSPS) is 10.9. The number of halogens is 3. The summed E-state index contributed by atoms with van der Waals surface area (Å²) in [5, 5.41) is 3.24. The Hall–Kier alpha value is -1.47. The Morgan fingerprint density at radius 3 is 2.85 bits per heavy atom. The van der Waals surface area contributed by atoms with Gasteiger partial charge in [0.1, 0.15) is 10.4 Å². The van der Waals surface area contributed by atoms with Crippen LogP contribution in [0.25, 0.3) is 5.65 Å². The van der Waals surface area contributed by atoms with E-state index in [0.717, 1.165) is 21.6 Å². The number of aromatic nitrogens is 3. The molecule has 0 aliphatic heterocycles. The molecule has 3 rings (SSSR count). The first-order valence-electron chi connectivity index (χ1n) is 5.80. The van der Waals surface area contributed by atoms with Crippen LogP contribution >= 0.6 is 31.9 Å². The molecule has 0 unspecified atom stereocenters. The first kappa shape index (κ1) is 13.5. The lowest BCUT2D eigenvalue weighted by Gasteiger charge is -2.08. The lowest BCUT2D eigenvalue weighted by atomic mass is 10.3. The van der Waals surface area contributed by atoms with Crippen LogP contribution in [0.15, 0.2) is 45.9 Å². The van der Waals surface area contributed by atoms with Crippen LogP contribution in [0.5, 0.6) is 0 Å². The van der Waals surface area contributed by atoms with Gasteiger partial charge in [-0.05, 0) is 50.1 Å². The van der Waals surface area contributed by atoms with Gasteiger partial charge in [-0.1, -0.05) is 0 Å². The van der Waals surface area contributed by atoms with E-state index < -0.39 is 0 Å². The number of nitrogens with one attached hydrogen (secondary N) is 1. The van der Waals surface area contributed by atoms with Crippen molar-refractivity contribution in [2.45, 2.75) is 6.54 Å². The summed E-state index contributed by atoms with van der Waals surface area (Å²) in [7, 11) is 0. The molecule has 0 fully saturated rings. The van der Waals surface area contributed by atoms with Gasteiger partial charge in [0.25, 0.3) is 0 Å². The molecule has 2 heterocycles. The average Bonchev–Trinajstić information content (AvgIpc) is 2.80. The van der Waals surface area contributed by atoms with Gasteiger partial charge in [0.15, 0.2) is 5.65 Å². The monoisotopic (exact) mass is 398 g/mol. The van der Waals surface area contributed by atoms with E-state index in [4.69, 9.17) is 0 Å². The fourth-order valence-corrected chi connectivity index (χ4v) is 2.66. The summed E-state index contributed by atoms with van der Waals surface area (Å²) in [6.07, 6.45) is 5.34. The molecule has 1 aromatic carbocycles. The molecule has 7 heteroatoms. The van der Waals surface area contributed by atoms with Crippen LogP contribution in [0.2, 0.25) is 0 Å². The van der Waals surface area contributed by atoms with Gasteiger partial charge in [-0.25, -0.2) is 14.4 Å². The van der Waals surface area contributed by atoms with Crippen molar-refractivity contribution in [3.8, 4) is 0 Å². The first-order valence-corrected chi connectivity index (χ1v) is 7.38. The number of anilines is 1. The summed E-state index contributed by atoms with van der Waals surface area (Å²) >= 11 is 6.67. The summed E-state index contributed by atoms with van der Waals surface area (Å²) in [5.74, 6) is -0.271. The van der Waals surface area contributed by atoms with E-state index in [0.29, 0.717) is 11.0 Å².